The van der Waals surface area contributed by atoms with Crippen LogP contribution in [0.15, 0.2) is 11.0 Å². The van der Waals surface area contributed by atoms with Crippen molar-refractivity contribution in [3.8, 4) is 0 Å². The van der Waals surface area contributed by atoms with E-state index < -0.39 is 17.3 Å². The third-order valence-electron chi connectivity index (χ3n) is 2.00. The zero-order chi connectivity index (χ0) is 11.2. The summed E-state index contributed by atoms with van der Waals surface area (Å²) >= 11 is 0. The number of aryl methyl sites for hydroxylation is 1. The Bertz CT molecular complexity index is 613. The Morgan fingerprint density at radius 3 is 2.93 bits per heavy atom. The Kier molecular flexibility index (Phi) is 1.82. The lowest BCUT2D eigenvalue weighted by Crippen LogP contribution is -2.20. The highest BCUT2D eigenvalue weighted by atomic mass is 19.1. The molecule has 2 rings (SSSR count). The summed E-state index contributed by atoms with van der Waals surface area (Å²) in [7, 11) is 0. The maximum absolute atomic E-state index is 13.1. The summed E-state index contributed by atoms with van der Waals surface area (Å²) in [4.78, 5) is 25.7. The minimum absolute atomic E-state index is 0.0913. The van der Waals surface area contributed by atoms with Gasteiger partial charge in [-0.05, 0) is 6.92 Å². The van der Waals surface area contributed by atoms with E-state index in [1.54, 1.807) is 0 Å². The van der Waals surface area contributed by atoms with Crippen molar-refractivity contribution in [2.75, 3.05) is 0 Å². The van der Waals surface area contributed by atoms with E-state index in [1.165, 1.54) is 6.92 Å². The molecule has 0 aliphatic rings. The first-order valence-corrected chi connectivity index (χ1v) is 4.02. The molecule has 78 valence electrons. The van der Waals surface area contributed by atoms with Crippen LogP contribution in [0.1, 0.15) is 16.1 Å². The van der Waals surface area contributed by atoms with Gasteiger partial charge in [-0.3, -0.25) is 9.89 Å². The van der Waals surface area contributed by atoms with Crippen LogP contribution in [0, 0.1) is 12.7 Å². The SMILES string of the molecule is Cc1nc2c(C(=O)O)c[nH]n2c(=O)c1F. The summed E-state index contributed by atoms with van der Waals surface area (Å²) in [6.07, 6.45) is 1.09. The van der Waals surface area contributed by atoms with Gasteiger partial charge in [-0.15, -0.1) is 0 Å². The predicted molar refractivity (Wildman–Crippen MR) is 47.5 cm³/mol. The lowest BCUT2D eigenvalue weighted by atomic mass is 10.3. The lowest BCUT2D eigenvalue weighted by molar-refractivity contribution is 0.0698. The van der Waals surface area contributed by atoms with E-state index in [0.29, 0.717) is 0 Å². The van der Waals surface area contributed by atoms with Crippen LogP contribution in [0.25, 0.3) is 5.65 Å². The molecule has 2 heterocycles. The number of aromatic nitrogens is 3. The van der Waals surface area contributed by atoms with Gasteiger partial charge in [0.25, 0.3) is 0 Å². The van der Waals surface area contributed by atoms with E-state index in [9.17, 15) is 14.0 Å². The minimum atomic E-state index is -1.23. The van der Waals surface area contributed by atoms with Crippen LogP contribution in [0.3, 0.4) is 0 Å². The summed E-state index contributed by atoms with van der Waals surface area (Å²) in [6, 6.07) is 0. The van der Waals surface area contributed by atoms with Gasteiger partial charge in [0.15, 0.2) is 5.65 Å². The number of hydrogen-bond donors (Lipinski definition) is 2. The Morgan fingerprint density at radius 1 is 1.67 bits per heavy atom. The molecule has 0 aliphatic carbocycles. The van der Waals surface area contributed by atoms with Crippen LogP contribution in [-0.2, 0) is 0 Å². The van der Waals surface area contributed by atoms with E-state index >= 15 is 0 Å². The smallest absolute Gasteiger partial charge is 0.341 e. The quantitative estimate of drug-likeness (QED) is 0.703. The zero-order valence-electron chi connectivity index (χ0n) is 7.61. The fourth-order valence-corrected chi connectivity index (χ4v) is 1.26. The molecule has 0 spiro atoms. The number of carboxylic acids is 1. The van der Waals surface area contributed by atoms with E-state index in [2.05, 4.69) is 10.1 Å². The first kappa shape index (κ1) is 9.38. The molecule has 0 saturated carbocycles. The second-order valence-corrected chi connectivity index (χ2v) is 2.97. The molecule has 0 amide bonds. The van der Waals surface area contributed by atoms with Crippen LogP contribution < -0.4 is 5.56 Å². The van der Waals surface area contributed by atoms with Crippen molar-refractivity contribution in [3.63, 3.8) is 0 Å². The van der Waals surface area contributed by atoms with Crippen molar-refractivity contribution in [1.82, 2.24) is 14.6 Å². The summed E-state index contributed by atoms with van der Waals surface area (Å²) in [6.45, 7) is 1.30. The molecular formula is C8H6FN3O3. The van der Waals surface area contributed by atoms with Gasteiger partial charge in [-0.25, -0.2) is 9.78 Å². The highest BCUT2D eigenvalue weighted by molar-refractivity contribution is 5.94. The Hall–Kier alpha value is -2.18. The predicted octanol–water partition coefficient (Wildman–Crippen LogP) is 0.168. The molecule has 0 unspecified atom stereocenters. The van der Waals surface area contributed by atoms with Crippen LogP contribution in [0.4, 0.5) is 4.39 Å². The summed E-state index contributed by atoms with van der Waals surface area (Å²) in [5.74, 6) is -2.22. The molecule has 0 radical (unpaired) electrons. The summed E-state index contributed by atoms with van der Waals surface area (Å²) in [5, 5.41) is 11.1. The van der Waals surface area contributed by atoms with Gasteiger partial charge in [-0.1, -0.05) is 0 Å². The standard InChI is InChI=1S/C8H6FN3O3/c1-3-5(9)7(13)12-6(11-3)4(2-10-12)8(14)15/h2,10H,1H3,(H,14,15). The van der Waals surface area contributed by atoms with E-state index in [1.807, 2.05) is 0 Å². The molecule has 7 heteroatoms. The lowest BCUT2D eigenvalue weighted by Gasteiger charge is -1.97. The number of carbonyl (C=O) groups is 1. The molecule has 15 heavy (non-hydrogen) atoms. The molecule has 2 aromatic rings. The topological polar surface area (TPSA) is 87.5 Å². The first-order chi connectivity index (χ1) is 7.02. The van der Waals surface area contributed by atoms with Crippen molar-refractivity contribution in [1.29, 1.82) is 0 Å². The fourth-order valence-electron chi connectivity index (χ4n) is 1.26. The zero-order valence-corrected chi connectivity index (χ0v) is 7.61. The monoisotopic (exact) mass is 211 g/mol. The van der Waals surface area contributed by atoms with Crippen molar-refractivity contribution in [3.05, 3.63) is 33.6 Å². The van der Waals surface area contributed by atoms with Crippen molar-refractivity contribution >= 4 is 11.6 Å². The van der Waals surface area contributed by atoms with Gasteiger partial charge < -0.3 is 5.11 Å². The molecule has 2 N–H and O–H groups in total. The highest BCUT2D eigenvalue weighted by Gasteiger charge is 2.16. The van der Waals surface area contributed by atoms with E-state index in [4.69, 9.17) is 5.11 Å². The summed E-state index contributed by atoms with van der Waals surface area (Å²) < 4.78 is 13.9. The number of fused-ring (bicyclic) bond motifs is 1. The maximum atomic E-state index is 13.1. The van der Waals surface area contributed by atoms with Crippen LogP contribution in [0.2, 0.25) is 0 Å². The summed E-state index contributed by atoms with van der Waals surface area (Å²) in [5.41, 5.74) is -1.33. The molecule has 2 aromatic heterocycles. The van der Waals surface area contributed by atoms with E-state index in [0.717, 1.165) is 10.7 Å². The van der Waals surface area contributed by atoms with Crippen LogP contribution >= 0.6 is 0 Å². The van der Waals surface area contributed by atoms with Gasteiger partial charge in [0, 0.05) is 6.20 Å². The van der Waals surface area contributed by atoms with Gasteiger partial charge in [-0.2, -0.15) is 8.91 Å². The number of aromatic carboxylic acids is 1. The van der Waals surface area contributed by atoms with Crippen molar-refractivity contribution in [2.24, 2.45) is 0 Å². The van der Waals surface area contributed by atoms with Gasteiger partial charge in [0.2, 0.25) is 5.82 Å². The number of aromatic amines is 1. The number of nitrogens with zero attached hydrogens (tertiary/aromatic N) is 2. The second kappa shape index (κ2) is 2.91. The number of nitrogens with one attached hydrogen (secondary N) is 1. The third-order valence-corrected chi connectivity index (χ3v) is 2.00. The number of carboxylic acid groups (broad SMARTS) is 1. The van der Waals surface area contributed by atoms with Crippen LogP contribution in [0.5, 0.6) is 0 Å². The van der Waals surface area contributed by atoms with Crippen LogP contribution in [-0.4, -0.2) is 25.7 Å². The average molecular weight is 211 g/mol. The molecule has 0 aliphatic heterocycles. The molecule has 0 saturated heterocycles. The first-order valence-electron chi connectivity index (χ1n) is 4.02. The van der Waals surface area contributed by atoms with Crippen molar-refractivity contribution in [2.45, 2.75) is 6.92 Å². The third kappa shape index (κ3) is 1.20. The molecule has 0 aromatic carbocycles. The molecule has 0 fully saturated rings. The highest BCUT2D eigenvalue weighted by Crippen LogP contribution is 2.07. The second-order valence-electron chi connectivity index (χ2n) is 2.97. The minimum Gasteiger partial charge on any atom is -0.477 e. The van der Waals surface area contributed by atoms with Gasteiger partial charge in [0.05, 0.1) is 5.69 Å². The Labute approximate surface area is 82.0 Å². The van der Waals surface area contributed by atoms with Gasteiger partial charge in [0.1, 0.15) is 5.56 Å². The largest absolute Gasteiger partial charge is 0.477 e. The average Bonchev–Trinajstić information content (AvgIpc) is 2.58. The molecule has 0 atom stereocenters. The molecule has 0 bridgehead atoms. The Balaban J connectivity index is 2.96. The number of hydrogen-bond acceptors (Lipinski definition) is 3. The van der Waals surface area contributed by atoms with Gasteiger partial charge >= 0.3 is 11.5 Å². The fraction of sp³-hybridized carbons (Fsp3) is 0.125. The number of H-pyrrole nitrogens is 1. The molecule has 6 nitrogen and oxygen atoms in total. The molecular weight excluding hydrogens is 205 g/mol. The maximum Gasteiger partial charge on any atom is 0.341 e. The number of halogens is 1. The van der Waals surface area contributed by atoms with Crippen molar-refractivity contribution < 1.29 is 14.3 Å². The normalized spacial score (nSPS) is 10.8. The number of rotatable bonds is 1. The Morgan fingerprint density at radius 2 is 2.33 bits per heavy atom. The van der Waals surface area contributed by atoms with E-state index in [-0.39, 0.29) is 16.9 Å².